The van der Waals surface area contributed by atoms with Gasteiger partial charge in [0, 0.05) is 37.4 Å². The third-order valence-electron chi connectivity index (χ3n) is 7.44. The Morgan fingerprint density at radius 3 is 2.41 bits per heavy atom. The lowest BCUT2D eigenvalue weighted by molar-refractivity contribution is 0.409. The first kappa shape index (κ1) is 24.9. The summed E-state index contributed by atoms with van der Waals surface area (Å²) in [5.41, 5.74) is 5.44. The zero-order valence-corrected chi connectivity index (χ0v) is 22.2. The normalized spacial score (nSPS) is 14.2. The molecule has 0 saturated carbocycles. The number of piperidine rings is 1. The number of aromatic amines is 1. The predicted molar refractivity (Wildman–Crippen MR) is 155 cm³/mol. The Bertz CT molecular complexity index is 1640. The first-order chi connectivity index (χ1) is 19.1. The molecule has 1 aliphatic heterocycles. The van der Waals surface area contributed by atoms with Crippen molar-refractivity contribution in [1.29, 1.82) is 0 Å². The number of anilines is 1. The van der Waals surface area contributed by atoms with Crippen LogP contribution in [-0.2, 0) is 6.54 Å². The summed E-state index contributed by atoms with van der Waals surface area (Å²) in [7, 11) is 1.65. The van der Waals surface area contributed by atoms with E-state index in [1.165, 1.54) is 5.56 Å². The van der Waals surface area contributed by atoms with E-state index in [0.717, 1.165) is 49.4 Å². The van der Waals surface area contributed by atoms with Crippen LogP contribution in [0.1, 0.15) is 24.1 Å². The van der Waals surface area contributed by atoms with Gasteiger partial charge in [-0.05, 0) is 49.6 Å². The zero-order valence-electron chi connectivity index (χ0n) is 22.2. The lowest BCUT2D eigenvalue weighted by atomic mass is 10.0. The van der Waals surface area contributed by atoms with Crippen LogP contribution in [0.4, 0.5) is 5.69 Å². The highest BCUT2D eigenvalue weighted by Gasteiger charge is 2.22. The monoisotopic (exact) mass is 520 g/mol. The van der Waals surface area contributed by atoms with Crippen molar-refractivity contribution in [2.45, 2.75) is 32.4 Å². The van der Waals surface area contributed by atoms with Crippen molar-refractivity contribution in [1.82, 2.24) is 25.1 Å². The Morgan fingerprint density at radius 2 is 1.69 bits per heavy atom. The van der Waals surface area contributed by atoms with Gasteiger partial charge in [0.25, 0.3) is 5.56 Å². The summed E-state index contributed by atoms with van der Waals surface area (Å²) in [4.78, 5) is 23.4. The highest BCUT2D eigenvalue weighted by atomic mass is 16.5. The number of para-hydroxylation sites is 1. The molecule has 3 heterocycles. The van der Waals surface area contributed by atoms with Gasteiger partial charge in [0.2, 0.25) is 0 Å². The van der Waals surface area contributed by atoms with Crippen molar-refractivity contribution in [2.75, 3.05) is 25.1 Å². The maximum absolute atomic E-state index is 13.3. The maximum atomic E-state index is 13.3. The van der Waals surface area contributed by atoms with E-state index < -0.39 is 0 Å². The Hall–Kier alpha value is -4.43. The Labute approximate surface area is 227 Å². The molecule has 1 saturated heterocycles. The lowest BCUT2D eigenvalue weighted by Gasteiger charge is -2.34. The number of nitrogens with zero attached hydrogens (tertiary/aromatic N) is 4. The van der Waals surface area contributed by atoms with E-state index in [9.17, 15) is 4.79 Å². The number of aromatic nitrogens is 4. The molecular formula is C31H32N6O2. The molecule has 2 N–H and O–H groups in total. The number of hydrogen-bond donors (Lipinski definition) is 2. The van der Waals surface area contributed by atoms with Gasteiger partial charge >= 0.3 is 0 Å². The SMILES string of the molecule is COc1cc(N2CCC(NCc3ccccc3)CC2)ccc1-c1nc2c(C)nn(-c3ccccc3)c2c(=O)[nH]1. The number of rotatable bonds is 7. The number of benzene rings is 3. The summed E-state index contributed by atoms with van der Waals surface area (Å²) in [5.74, 6) is 1.14. The maximum Gasteiger partial charge on any atom is 0.277 e. The van der Waals surface area contributed by atoms with E-state index in [1.54, 1.807) is 11.8 Å². The number of aryl methyl sites for hydroxylation is 1. The van der Waals surface area contributed by atoms with Crippen molar-refractivity contribution < 1.29 is 4.74 Å². The standard InChI is InChI=1S/C31H32N6O2/c1-21-28-29(37(35-21)24-11-7-4-8-12-24)31(38)34-30(33-28)26-14-13-25(19-27(26)39-2)36-17-15-23(16-18-36)32-20-22-9-5-3-6-10-22/h3-14,19,23,32H,15-18,20H2,1-2H3,(H,33,34,38). The quantitative estimate of drug-likeness (QED) is 0.319. The molecule has 1 aliphatic rings. The smallest absolute Gasteiger partial charge is 0.277 e. The third-order valence-corrected chi connectivity index (χ3v) is 7.44. The van der Waals surface area contributed by atoms with Crippen LogP contribution in [0, 0.1) is 6.92 Å². The minimum atomic E-state index is -0.240. The van der Waals surface area contributed by atoms with E-state index in [4.69, 9.17) is 9.72 Å². The molecular weight excluding hydrogens is 488 g/mol. The second kappa shape index (κ2) is 10.7. The van der Waals surface area contributed by atoms with E-state index in [2.05, 4.69) is 50.6 Å². The number of nitrogens with one attached hydrogen (secondary N) is 2. The van der Waals surface area contributed by atoms with Crippen LogP contribution in [0.2, 0.25) is 0 Å². The summed E-state index contributed by atoms with van der Waals surface area (Å²) in [6.45, 7) is 4.70. The zero-order chi connectivity index (χ0) is 26.8. The fraction of sp³-hybridized carbons (Fsp3) is 0.258. The van der Waals surface area contributed by atoms with E-state index >= 15 is 0 Å². The van der Waals surface area contributed by atoms with Crippen LogP contribution in [0.15, 0.2) is 83.7 Å². The molecule has 0 bridgehead atoms. The minimum Gasteiger partial charge on any atom is -0.496 e. The minimum absolute atomic E-state index is 0.240. The van der Waals surface area contributed by atoms with E-state index in [0.29, 0.717) is 34.3 Å². The number of methoxy groups -OCH3 is 1. The summed E-state index contributed by atoms with van der Waals surface area (Å²) in [6.07, 6.45) is 2.15. The van der Waals surface area contributed by atoms with Gasteiger partial charge in [-0.1, -0.05) is 48.5 Å². The molecule has 0 unspecified atom stereocenters. The first-order valence-electron chi connectivity index (χ1n) is 13.4. The van der Waals surface area contributed by atoms with E-state index in [-0.39, 0.29) is 5.56 Å². The van der Waals surface area contributed by atoms with Crippen LogP contribution >= 0.6 is 0 Å². The molecule has 0 radical (unpaired) electrons. The molecule has 5 aromatic rings. The number of fused-ring (bicyclic) bond motifs is 1. The molecule has 8 heteroatoms. The first-order valence-corrected chi connectivity index (χ1v) is 13.4. The summed E-state index contributed by atoms with van der Waals surface area (Å²) < 4.78 is 7.43. The van der Waals surface area contributed by atoms with Crippen molar-refractivity contribution in [3.05, 3.63) is 100 Å². The molecule has 0 spiro atoms. The highest BCUT2D eigenvalue weighted by Crippen LogP contribution is 2.33. The Kier molecular flexibility index (Phi) is 6.85. The van der Waals surface area contributed by atoms with Crippen molar-refractivity contribution >= 4 is 16.7 Å². The molecule has 6 rings (SSSR count). The average Bonchev–Trinajstić information content (AvgIpc) is 3.33. The molecule has 0 atom stereocenters. The van der Waals surface area contributed by atoms with Crippen LogP contribution in [0.5, 0.6) is 5.75 Å². The number of H-pyrrole nitrogens is 1. The largest absolute Gasteiger partial charge is 0.496 e. The van der Waals surface area contributed by atoms with Crippen molar-refractivity contribution in [2.24, 2.45) is 0 Å². The fourth-order valence-corrected chi connectivity index (χ4v) is 5.32. The fourth-order valence-electron chi connectivity index (χ4n) is 5.32. The molecule has 198 valence electrons. The van der Waals surface area contributed by atoms with Crippen LogP contribution in [0.25, 0.3) is 28.1 Å². The van der Waals surface area contributed by atoms with Crippen LogP contribution in [0.3, 0.4) is 0 Å². The molecule has 8 nitrogen and oxygen atoms in total. The van der Waals surface area contributed by atoms with Gasteiger partial charge in [-0.15, -0.1) is 0 Å². The van der Waals surface area contributed by atoms with Gasteiger partial charge in [-0.3, -0.25) is 4.79 Å². The molecule has 0 aliphatic carbocycles. The Morgan fingerprint density at radius 1 is 0.974 bits per heavy atom. The molecule has 0 amide bonds. The van der Waals surface area contributed by atoms with Gasteiger partial charge in [0.05, 0.1) is 24.1 Å². The topological polar surface area (TPSA) is 88.1 Å². The van der Waals surface area contributed by atoms with Gasteiger partial charge in [0.15, 0.2) is 5.52 Å². The second-order valence-corrected chi connectivity index (χ2v) is 9.96. The highest BCUT2D eigenvalue weighted by molar-refractivity contribution is 5.81. The van der Waals surface area contributed by atoms with Gasteiger partial charge in [0.1, 0.15) is 17.1 Å². The molecule has 1 fully saturated rings. The third kappa shape index (κ3) is 5.03. The number of hydrogen-bond acceptors (Lipinski definition) is 6. The molecule has 2 aromatic heterocycles. The average molecular weight is 521 g/mol. The van der Waals surface area contributed by atoms with Gasteiger partial charge in [-0.25, -0.2) is 9.67 Å². The summed E-state index contributed by atoms with van der Waals surface area (Å²) >= 11 is 0. The number of ether oxygens (including phenoxy) is 1. The summed E-state index contributed by atoms with van der Waals surface area (Å²) in [6, 6.07) is 26.8. The van der Waals surface area contributed by atoms with Gasteiger partial charge in [-0.2, -0.15) is 5.10 Å². The van der Waals surface area contributed by atoms with Gasteiger partial charge < -0.3 is 19.9 Å². The molecule has 3 aromatic carbocycles. The summed E-state index contributed by atoms with van der Waals surface area (Å²) in [5, 5.41) is 8.30. The Balaban J connectivity index is 1.22. The van der Waals surface area contributed by atoms with Crippen LogP contribution in [-0.4, -0.2) is 46.0 Å². The van der Waals surface area contributed by atoms with Crippen molar-refractivity contribution in [3.8, 4) is 22.8 Å². The van der Waals surface area contributed by atoms with Crippen molar-refractivity contribution in [3.63, 3.8) is 0 Å². The van der Waals surface area contributed by atoms with Crippen LogP contribution < -0.4 is 20.5 Å². The molecule has 39 heavy (non-hydrogen) atoms. The van der Waals surface area contributed by atoms with E-state index in [1.807, 2.05) is 55.5 Å². The lowest BCUT2D eigenvalue weighted by Crippen LogP contribution is -2.42. The predicted octanol–water partition coefficient (Wildman–Crippen LogP) is 4.85. The second-order valence-electron chi connectivity index (χ2n) is 9.96.